The standard InChI is InChI=1S/C19H20O2/c1-11(2)14-7-6-13(4)17-16(9-14)12(3)5-8-15-10-21-19(20)18(15)17/h5-9,11H,10H2,1-4H3. The summed E-state index contributed by atoms with van der Waals surface area (Å²) in [6.07, 6.45) is 10.6. The highest BCUT2D eigenvalue weighted by molar-refractivity contribution is 6.00. The first-order chi connectivity index (χ1) is 9.99. The number of esters is 1. The van der Waals surface area contributed by atoms with Crippen LogP contribution in [0, 0.1) is 5.92 Å². The molecule has 0 aromatic heterocycles. The van der Waals surface area contributed by atoms with Gasteiger partial charge in [0.2, 0.25) is 0 Å². The maximum Gasteiger partial charge on any atom is 0.339 e. The molecule has 21 heavy (non-hydrogen) atoms. The quantitative estimate of drug-likeness (QED) is 0.673. The van der Waals surface area contributed by atoms with Gasteiger partial charge in [-0.2, -0.15) is 0 Å². The largest absolute Gasteiger partial charge is 0.457 e. The second kappa shape index (κ2) is 5.03. The number of carbonyl (C=O) groups excluding carboxylic acids is 1. The number of fused-ring (bicyclic) bond motifs is 2. The van der Waals surface area contributed by atoms with Crippen LogP contribution in [0.2, 0.25) is 0 Å². The molecule has 3 aliphatic rings. The van der Waals surface area contributed by atoms with E-state index in [2.05, 4.69) is 52.0 Å². The van der Waals surface area contributed by atoms with Crippen molar-refractivity contribution >= 4 is 5.97 Å². The fourth-order valence-electron chi connectivity index (χ4n) is 2.93. The topological polar surface area (TPSA) is 26.3 Å². The Kier molecular flexibility index (Phi) is 3.32. The smallest absolute Gasteiger partial charge is 0.339 e. The minimum Gasteiger partial charge on any atom is -0.457 e. The van der Waals surface area contributed by atoms with Crippen LogP contribution in [-0.4, -0.2) is 12.6 Å². The highest BCUT2D eigenvalue weighted by Crippen LogP contribution is 2.39. The molecule has 3 rings (SSSR count). The molecular weight excluding hydrogens is 260 g/mol. The first-order valence-electron chi connectivity index (χ1n) is 7.39. The first kappa shape index (κ1) is 13.9. The van der Waals surface area contributed by atoms with E-state index in [9.17, 15) is 4.79 Å². The number of hydrogen-bond donors (Lipinski definition) is 0. The van der Waals surface area contributed by atoms with Crippen LogP contribution in [0.3, 0.4) is 0 Å². The summed E-state index contributed by atoms with van der Waals surface area (Å²) in [5, 5.41) is 0. The zero-order valence-electron chi connectivity index (χ0n) is 13.0. The van der Waals surface area contributed by atoms with Crippen molar-refractivity contribution < 1.29 is 9.53 Å². The third-order valence-electron chi connectivity index (χ3n) is 4.26. The van der Waals surface area contributed by atoms with Gasteiger partial charge in [-0.1, -0.05) is 44.2 Å². The first-order valence-corrected chi connectivity index (χ1v) is 7.39. The maximum atomic E-state index is 12.2. The van der Waals surface area contributed by atoms with E-state index < -0.39 is 0 Å². The molecule has 0 radical (unpaired) electrons. The molecule has 0 aromatic carbocycles. The Morgan fingerprint density at radius 1 is 1.00 bits per heavy atom. The average molecular weight is 280 g/mol. The summed E-state index contributed by atoms with van der Waals surface area (Å²) in [5.74, 6) is 0.246. The van der Waals surface area contributed by atoms with Crippen LogP contribution in [0.1, 0.15) is 27.7 Å². The Morgan fingerprint density at radius 2 is 1.71 bits per heavy atom. The van der Waals surface area contributed by atoms with E-state index >= 15 is 0 Å². The molecule has 1 heterocycles. The van der Waals surface area contributed by atoms with Crippen molar-refractivity contribution in [1.82, 2.24) is 0 Å². The molecule has 2 aliphatic carbocycles. The molecule has 1 aliphatic heterocycles. The van der Waals surface area contributed by atoms with Gasteiger partial charge in [-0.25, -0.2) is 4.79 Å². The number of ether oxygens (including phenoxy) is 1. The van der Waals surface area contributed by atoms with Crippen molar-refractivity contribution in [3.05, 3.63) is 69.4 Å². The van der Waals surface area contributed by atoms with Crippen LogP contribution in [0.15, 0.2) is 69.4 Å². The zero-order valence-corrected chi connectivity index (χ0v) is 13.0. The van der Waals surface area contributed by atoms with Crippen molar-refractivity contribution in [3.63, 3.8) is 0 Å². The number of cyclic esters (lactones) is 1. The highest BCUT2D eigenvalue weighted by atomic mass is 16.5. The molecular formula is C19H20O2. The lowest BCUT2D eigenvalue weighted by Crippen LogP contribution is -2.04. The predicted molar refractivity (Wildman–Crippen MR) is 84.6 cm³/mol. The highest BCUT2D eigenvalue weighted by Gasteiger charge is 2.32. The number of carbonyl (C=O) groups is 1. The summed E-state index contributed by atoms with van der Waals surface area (Å²) < 4.78 is 5.24. The third kappa shape index (κ3) is 2.25. The normalized spacial score (nSPS) is 21.4. The molecule has 1 fully saturated rings. The summed E-state index contributed by atoms with van der Waals surface area (Å²) in [6.45, 7) is 8.93. The third-order valence-corrected chi connectivity index (χ3v) is 4.26. The Balaban J connectivity index is 2.31. The van der Waals surface area contributed by atoms with Crippen molar-refractivity contribution in [2.75, 3.05) is 6.61 Å². The molecule has 1 saturated heterocycles. The molecule has 0 aromatic rings. The van der Waals surface area contributed by atoms with Crippen LogP contribution in [0.25, 0.3) is 0 Å². The van der Waals surface area contributed by atoms with E-state index in [0.717, 1.165) is 27.9 Å². The van der Waals surface area contributed by atoms with Gasteiger partial charge in [-0.3, -0.25) is 0 Å². The number of allylic oxidation sites excluding steroid dienone is 10. The molecule has 0 saturated carbocycles. The molecule has 108 valence electrons. The second-order valence-corrected chi connectivity index (χ2v) is 6.10. The molecule has 0 atom stereocenters. The molecule has 0 unspecified atom stereocenters. The van der Waals surface area contributed by atoms with Gasteiger partial charge in [0.05, 0.1) is 5.57 Å². The summed E-state index contributed by atoms with van der Waals surface area (Å²) in [7, 11) is 0. The van der Waals surface area contributed by atoms with E-state index in [0.29, 0.717) is 12.5 Å². The Labute approximate surface area is 125 Å². The van der Waals surface area contributed by atoms with Gasteiger partial charge < -0.3 is 4.74 Å². The van der Waals surface area contributed by atoms with Gasteiger partial charge in [0.25, 0.3) is 0 Å². The molecule has 0 bridgehead atoms. The minimum atomic E-state index is -0.203. The van der Waals surface area contributed by atoms with Crippen molar-refractivity contribution in [3.8, 4) is 0 Å². The zero-order chi connectivity index (χ0) is 15.1. The summed E-state index contributed by atoms with van der Waals surface area (Å²) in [4.78, 5) is 12.2. The van der Waals surface area contributed by atoms with Gasteiger partial charge >= 0.3 is 5.97 Å². The fraction of sp³-hybridized carbons (Fsp3) is 0.316. The number of hydrogen-bond acceptors (Lipinski definition) is 2. The molecule has 0 spiro atoms. The predicted octanol–water partition coefficient (Wildman–Crippen LogP) is 4.19. The number of rotatable bonds is 1. The lowest BCUT2D eigenvalue weighted by atomic mass is 9.88. The van der Waals surface area contributed by atoms with Crippen LogP contribution >= 0.6 is 0 Å². The van der Waals surface area contributed by atoms with Gasteiger partial charge in [0.1, 0.15) is 6.61 Å². The maximum absolute atomic E-state index is 12.2. The van der Waals surface area contributed by atoms with Gasteiger partial charge in [0.15, 0.2) is 0 Å². The Morgan fingerprint density at radius 3 is 2.43 bits per heavy atom. The fourth-order valence-corrected chi connectivity index (χ4v) is 2.93. The van der Waals surface area contributed by atoms with Gasteiger partial charge in [0, 0.05) is 5.57 Å². The van der Waals surface area contributed by atoms with E-state index in [4.69, 9.17) is 4.74 Å². The Hall–Kier alpha value is -2.09. The van der Waals surface area contributed by atoms with Crippen molar-refractivity contribution in [1.29, 1.82) is 0 Å². The molecule has 2 nitrogen and oxygen atoms in total. The van der Waals surface area contributed by atoms with Crippen LogP contribution in [-0.2, 0) is 9.53 Å². The van der Waals surface area contributed by atoms with E-state index in [1.54, 1.807) is 0 Å². The van der Waals surface area contributed by atoms with Crippen LogP contribution in [0.5, 0.6) is 0 Å². The minimum absolute atomic E-state index is 0.203. The van der Waals surface area contributed by atoms with Gasteiger partial charge in [-0.05, 0) is 47.6 Å². The van der Waals surface area contributed by atoms with E-state index in [1.165, 1.54) is 11.1 Å². The van der Waals surface area contributed by atoms with Crippen LogP contribution in [0.4, 0.5) is 0 Å². The van der Waals surface area contributed by atoms with Gasteiger partial charge in [-0.15, -0.1) is 0 Å². The van der Waals surface area contributed by atoms with E-state index in [1.807, 2.05) is 6.08 Å². The molecule has 0 amide bonds. The lowest BCUT2D eigenvalue weighted by molar-refractivity contribution is -0.135. The van der Waals surface area contributed by atoms with Crippen molar-refractivity contribution in [2.45, 2.75) is 27.7 Å². The van der Waals surface area contributed by atoms with Crippen molar-refractivity contribution in [2.24, 2.45) is 5.92 Å². The van der Waals surface area contributed by atoms with E-state index in [-0.39, 0.29) is 5.97 Å². The Bertz CT molecular complexity index is 704. The average Bonchev–Trinajstić information content (AvgIpc) is 2.62. The lowest BCUT2D eigenvalue weighted by Gasteiger charge is -2.14. The molecule has 0 N–H and O–H groups in total. The SMILES string of the molecule is CC1=CC=C2COC(=O)C2=C2C(C)=CC=C(C(C)C)C=C12. The monoisotopic (exact) mass is 280 g/mol. The molecule has 2 heteroatoms. The summed E-state index contributed by atoms with van der Waals surface area (Å²) in [6, 6.07) is 0. The van der Waals surface area contributed by atoms with Crippen LogP contribution < -0.4 is 0 Å². The summed E-state index contributed by atoms with van der Waals surface area (Å²) in [5.41, 5.74) is 7.48. The second-order valence-electron chi connectivity index (χ2n) is 6.10. The summed E-state index contributed by atoms with van der Waals surface area (Å²) >= 11 is 0.